The number of rotatable bonds is 3. The van der Waals surface area contributed by atoms with Crippen molar-refractivity contribution < 1.29 is 22.7 Å². The summed E-state index contributed by atoms with van der Waals surface area (Å²) in [6.45, 7) is 0.524. The lowest BCUT2D eigenvalue weighted by atomic mass is 9.96. The summed E-state index contributed by atoms with van der Waals surface area (Å²) in [6.07, 6.45) is -4.04. The highest BCUT2D eigenvalue weighted by Crippen LogP contribution is 2.34. The number of nitrogens with one attached hydrogen (secondary N) is 3. The van der Waals surface area contributed by atoms with Crippen LogP contribution in [0, 0.1) is 0 Å². The van der Waals surface area contributed by atoms with E-state index >= 15 is 0 Å². The van der Waals surface area contributed by atoms with Gasteiger partial charge in [0.25, 0.3) is 0 Å². The number of para-hydroxylation sites is 1. The molecule has 148 valence electrons. The van der Waals surface area contributed by atoms with Crippen LogP contribution in [-0.4, -0.2) is 17.6 Å². The molecular formula is C19H18F3N3O2S. The lowest BCUT2D eigenvalue weighted by Gasteiger charge is -2.25. The Hall–Kier alpha value is -2.65. The maximum absolute atomic E-state index is 13.0. The van der Waals surface area contributed by atoms with Crippen LogP contribution in [-0.2, 0) is 22.1 Å². The van der Waals surface area contributed by atoms with E-state index in [9.17, 15) is 18.0 Å². The third-order valence-corrected chi connectivity index (χ3v) is 4.46. The van der Waals surface area contributed by atoms with Gasteiger partial charge in [0.1, 0.15) is 0 Å². The van der Waals surface area contributed by atoms with Crippen molar-refractivity contribution >= 4 is 28.9 Å². The van der Waals surface area contributed by atoms with Gasteiger partial charge in [0, 0.05) is 0 Å². The normalized spacial score (nSPS) is 16.0. The van der Waals surface area contributed by atoms with Crippen LogP contribution in [0.15, 0.2) is 48.5 Å². The predicted molar refractivity (Wildman–Crippen MR) is 102 cm³/mol. The molecule has 0 bridgehead atoms. The molecule has 9 heteroatoms. The van der Waals surface area contributed by atoms with E-state index in [4.69, 9.17) is 17.0 Å². The van der Waals surface area contributed by atoms with E-state index in [1.807, 2.05) is 24.3 Å². The zero-order valence-corrected chi connectivity index (χ0v) is 15.5. The van der Waals surface area contributed by atoms with Crippen molar-refractivity contribution in [1.29, 1.82) is 0 Å². The average molecular weight is 409 g/mol. The molecule has 5 nitrogen and oxygen atoms in total. The highest BCUT2D eigenvalue weighted by Gasteiger charge is 2.33. The second kappa shape index (κ2) is 8.57. The van der Waals surface area contributed by atoms with Gasteiger partial charge in [0.2, 0.25) is 5.91 Å². The Morgan fingerprint density at radius 2 is 1.82 bits per heavy atom. The molecule has 1 heterocycles. The molecular weight excluding hydrogens is 391 g/mol. The average Bonchev–Trinajstić information content (AvgIpc) is 2.66. The zero-order valence-electron chi connectivity index (χ0n) is 14.7. The van der Waals surface area contributed by atoms with E-state index in [0.717, 1.165) is 23.6 Å². The first-order valence-electron chi connectivity index (χ1n) is 8.56. The van der Waals surface area contributed by atoms with E-state index in [2.05, 4.69) is 16.2 Å². The Bertz CT molecular complexity index is 873. The molecule has 0 radical (unpaired) electrons. The molecule has 1 amide bonds. The van der Waals surface area contributed by atoms with Crippen molar-refractivity contribution in [3.63, 3.8) is 0 Å². The highest BCUT2D eigenvalue weighted by molar-refractivity contribution is 7.80. The van der Waals surface area contributed by atoms with Crippen LogP contribution in [0.5, 0.6) is 0 Å². The van der Waals surface area contributed by atoms with Crippen LogP contribution >= 0.6 is 12.2 Å². The molecule has 0 spiro atoms. The molecule has 0 saturated heterocycles. The van der Waals surface area contributed by atoms with Gasteiger partial charge in [0.15, 0.2) is 5.11 Å². The van der Waals surface area contributed by atoms with E-state index in [1.165, 1.54) is 18.2 Å². The first-order chi connectivity index (χ1) is 13.3. The number of thiocarbonyl (C=S) groups is 1. The van der Waals surface area contributed by atoms with Crippen LogP contribution < -0.4 is 16.2 Å². The van der Waals surface area contributed by atoms with Gasteiger partial charge >= 0.3 is 6.18 Å². The predicted octanol–water partition coefficient (Wildman–Crippen LogP) is 3.73. The number of hydrogen-bond donors (Lipinski definition) is 3. The number of anilines is 1. The van der Waals surface area contributed by atoms with E-state index in [0.29, 0.717) is 6.61 Å². The van der Waals surface area contributed by atoms with Gasteiger partial charge in [-0.3, -0.25) is 15.6 Å². The molecule has 0 saturated carbocycles. The molecule has 0 aromatic heterocycles. The summed E-state index contributed by atoms with van der Waals surface area (Å²) in [5, 5.41) is 2.29. The number of ether oxygens (including phenoxy) is 1. The van der Waals surface area contributed by atoms with Crippen molar-refractivity contribution in [3.05, 3.63) is 65.2 Å². The molecule has 28 heavy (non-hydrogen) atoms. The van der Waals surface area contributed by atoms with Crippen LogP contribution in [0.2, 0.25) is 0 Å². The molecule has 0 unspecified atom stereocenters. The smallest absolute Gasteiger partial charge is 0.373 e. The Balaban J connectivity index is 1.54. The van der Waals surface area contributed by atoms with Gasteiger partial charge < -0.3 is 10.1 Å². The molecule has 0 aliphatic carbocycles. The molecule has 1 aliphatic rings. The number of amides is 1. The molecule has 2 aromatic carbocycles. The van der Waals surface area contributed by atoms with Gasteiger partial charge in [-0.1, -0.05) is 36.4 Å². The standard InChI is InChI=1S/C19H18F3N3O2S/c20-19(21,22)14-7-3-4-8-15(14)23-18(28)25-24-17(26)11-16-13-6-2-1-5-12(13)9-10-27-16/h1-8,16H,9-11H2,(H,24,26)(H2,23,25,28)/t16-/m1/s1. The number of alkyl halides is 3. The van der Waals surface area contributed by atoms with Gasteiger partial charge in [-0.2, -0.15) is 13.2 Å². The lowest BCUT2D eigenvalue weighted by Crippen LogP contribution is -2.44. The summed E-state index contributed by atoms with van der Waals surface area (Å²) >= 11 is 4.97. The number of carbonyl (C=O) groups excluding carboxylic acids is 1. The van der Waals surface area contributed by atoms with Gasteiger partial charge in [-0.25, -0.2) is 0 Å². The number of benzene rings is 2. The summed E-state index contributed by atoms with van der Waals surface area (Å²) in [5.74, 6) is -0.394. The SMILES string of the molecule is O=C(C[C@H]1OCCc2ccccc21)NNC(=S)Nc1ccccc1C(F)(F)F. The molecule has 1 aliphatic heterocycles. The Morgan fingerprint density at radius 3 is 2.61 bits per heavy atom. The van der Waals surface area contributed by atoms with Crippen LogP contribution in [0.25, 0.3) is 0 Å². The zero-order chi connectivity index (χ0) is 20.1. The third kappa shape index (κ3) is 4.99. The highest BCUT2D eigenvalue weighted by atomic mass is 32.1. The summed E-state index contributed by atoms with van der Waals surface area (Å²) in [4.78, 5) is 12.2. The number of fused-ring (bicyclic) bond motifs is 1. The number of hydrogen-bond acceptors (Lipinski definition) is 3. The molecule has 0 fully saturated rings. The topological polar surface area (TPSA) is 62.4 Å². The van der Waals surface area contributed by atoms with Gasteiger partial charge in [-0.05, 0) is 41.9 Å². The molecule has 1 atom stereocenters. The summed E-state index contributed by atoms with van der Waals surface area (Å²) in [7, 11) is 0. The van der Waals surface area contributed by atoms with Crippen molar-refractivity contribution in [3.8, 4) is 0 Å². The van der Waals surface area contributed by atoms with E-state index < -0.39 is 17.6 Å². The van der Waals surface area contributed by atoms with Crippen LogP contribution in [0.1, 0.15) is 29.2 Å². The Labute approximate surface area is 165 Å². The van der Waals surface area contributed by atoms with Crippen molar-refractivity contribution in [2.45, 2.75) is 25.1 Å². The largest absolute Gasteiger partial charge is 0.418 e. The van der Waals surface area contributed by atoms with Crippen LogP contribution in [0.3, 0.4) is 0 Å². The quantitative estimate of drug-likeness (QED) is 0.533. The van der Waals surface area contributed by atoms with Gasteiger partial charge in [-0.15, -0.1) is 0 Å². The fourth-order valence-corrected chi connectivity index (χ4v) is 3.15. The fourth-order valence-electron chi connectivity index (χ4n) is 2.98. The number of hydrazine groups is 1. The Kier molecular flexibility index (Phi) is 6.15. The first kappa shape index (κ1) is 20.1. The summed E-state index contributed by atoms with van der Waals surface area (Å²) < 4.78 is 44.7. The van der Waals surface area contributed by atoms with Gasteiger partial charge in [0.05, 0.1) is 30.4 Å². The van der Waals surface area contributed by atoms with Crippen LogP contribution in [0.4, 0.5) is 18.9 Å². The monoisotopic (exact) mass is 409 g/mol. The summed E-state index contributed by atoms with van der Waals surface area (Å²) in [6, 6.07) is 12.7. The summed E-state index contributed by atoms with van der Waals surface area (Å²) in [5.41, 5.74) is 5.86. The van der Waals surface area contributed by atoms with E-state index in [1.54, 1.807) is 0 Å². The minimum Gasteiger partial charge on any atom is -0.373 e. The Morgan fingerprint density at radius 1 is 1.11 bits per heavy atom. The van der Waals surface area contributed by atoms with E-state index in [-0.39, 0.29) is 23.3 Å². The maximum Gasteiger partial charge on any atom is 0.418 e. The van der Waals surface area contributed by atoms with Crippen molar-refractivity contribution in [2.75, 3.05) is 11.9 Å². The second-order valence-electron chi connectivity index (χ2n) is 6.18. The first-order valence-corrected chi connectivity index (χ1v) is 8.97. The maximum atomic E-state index is 13.0. The fraction of sp³-hybridized carbons (Fsp3) is 0.263. The molecule has 3 N–H and O–H groups in total. The molecule has 2 aromatic rings. The minimum absolute atomic E-state index is 0.0613. The number of halogens is 3. The second-order valence-corrected chi connectivity index (χ2v) is 6.59. The molecule has 3 rings (SSSR count). The lowest BCUT2D eigenvalue weighted by molar-refractivity contribution is -0.137. The van der Waals surface area contributed by atoms with Crippen molar-refractivity contribution in [2.24, 2.45) is 0 Å². The minimum atomic E-state index is -4.52. The number of carbonyl (C=O) groups is 1. The third-order valence-electron chi connectivity index (χ3n) is 4.26. The van der Waals surface area contributed by atoms with Crippen molar-refractivity contribution in [1.82, 2.24) is 10.9 Å².